The van der Waals surface area contributed by atoms with Gasteiger partial charge in [-0.1, -0.05) is 12.1 Å². The molecule has 202 valence electrons. The number of alkyl halides is 3. The van der Waals surface area contributed by atoms with Crippen molar-refractivity contribution < 1.29 is 36.8 Å². The number of fused-ring (bicyclic) bond motifs is 1. The first-order valence-electron chi connectivity index (χ1n) is 11.8. The second-order valence-electron chi connectivity index (χ2n) is 8.57. The number of hydrogen-bond donors (Lipinski definition) is 1. The maximum Gasteiger partial charge on any atom is 0.493 e. The molecule has 0 radical (unpaired) electrons. The van der Waals surface area contributed by atoms with Gasteiger partial charge in [-0.05, 0) is 42.5 Å². The largest absolute Gasteiger partial charge is 0.495 e. The Balaban J connectivity index is 1.23. The summed E-state index contributed by atoms with van der Waals surface area (Å²) in [6, 6.07) is 15.7. The van der Waals surface area contributed by atoms with Crippen LogP contribution in [-0.2, 0) is 9.63 Å². The van der Waals surface area contributed by atoms with E-state index < -0.39 is 18.1 Å². The Morgan fingerprint density at radius 1 is 1.00 bits per heavy atom. The number of piperazine rings is 1. The van der Waals surface area contributed by atoms with Gasteiger partial charge >= 0.3 is 12.1 Å². The van der Waals surface area contributed by atoms with Crippen LogP contribution in [0.3, 0.4) is 0 Å². The molecule has 0 bridgehead atoms. The van der Waals surface area contributed by atoms with Gasteiger partial charge in [0.2, 0.25) is 5.89 Å². The number of aromatic nitrogens is 2. The highest BCUT2D eigenvalue weighted by Gasteiger charge is 2.42. The SMILES string of the molecule is COc1ccccc1N1CCN(c2ccc(-c3nc4cc(C(=O)NOC(=O)C(F)(F)F)ccc4o3)cn2)CC1. The molecule has 1 amide bonds. The number of nitrogens with one attached hydrogen (secondary N) is 1. The molecule has 5 rings (SSSR count). The predicted molar refractivity (Wildman–Crippen MR) is 134 cm³/mol. The molecule has 0 unspecified atom stereocenters. The second-order valence-corrected chi connectivity index (χ2v) is 8.57. The van der Waals surface area contributed by atoms with Gasteiger partial charge < -0.3 is 23.8 Å². The lowest BCUT2D eigenvalue weighted by Crippen LogP contribution is -2.46. The minimum Gasteiger partial charge on any atom is -0.495 e. The van der Waals surface area contributed by atoms with E-state index in [1.165, 1.54) is 23.7 Å². The molecular weight excluding hydrogens is 519 g/mol. The van der Waals surface area contributed by atoms with Crippen LogP contribution in [0, 0.1) is 0 Å². The van der Waals surface area contributed by atoms with Crippen LogP contribution in [0.15, 0.2) is 65.2 Å². The van der Waals surface area contributed by atoms with E-state index in [-0.39, 0.29) is 17.0 Å². The number of methoxy groups -OCH3 is 1. The third-order valence-corrected chi connectivity index (χ3v) is 6.14. The van der Waals surface area contributed by atoms with Crippen molar-refractivity contribution in [3.05, 3.63) is 66.4 Å². The number of para-hydroxylation sites is 2. The Kier molecular flexibility index (Phi) is 6.96. The van der Waals surface area contributed by atoms with Crippen molar-refractivity contribution in [3.8, 4) is 17.2 Å². The lowest BCUT2D eigenvalue weighted by atomic mass is 10.2. The van der Waals surface area contributed by atoms with Gasteiger partial charge in [-0.15, -0.1) is 0 Å². The minimum absolute atomic E-state index is 0.0712. The molecule has 13 heteroatoms. The van der Waals surface area contributed by atoms with E-state index in [0.717, 1.165) is 43.4 Å². The average Bonchev–Trinajstić information content (AvgIpc) is 3.39. The Bertz CT molecular complexity index is 1500. The van der Waals surface area contributed by atoms with Gasteiger partial charge in [0.25, 0.3) is 5.91 Å². The molecule has 2 aromatic heterocycles. The van der Waals surface area contributed by atoms with Gasteiger partial charge in [0.1, 0.15) is 17.1 Å². The number of hydroxylamine groups is 1. The van der Waals surface area contributed by atoms with Crippen LogP contribution in [0.25, 0.3) is 22.6 Å². The van der Waals surface area contributed by atoms with E-state index in [1.807, 2.05) is 36.4 Å². The first kappa shape index (κ1) is 25.8. The molecule has 1 fully saturated rings. The third-order valence-electron chi connectivity index (χ3n) is 6.14. The monoisotopic (exact) mass is 541 g/mol. The normalized spacial score (nSPS) is 13.8. The summed E-state index contributed by atoms with van der Waals surface area (Å²) < 4.78 is 48.0. The lowest BCUT2D eigenvalue weighted by Gasteiger charge is -2.37. The van der Waals surface area contributed by atoms with Crippen LogP contribution >= 0.6 is 0 Å². The number of oxazole rings is 1. The number of hydrogen-bond acceptors (Lipinski definition) is 9. The maximum absolute atomic E-state index is 12.2. The molecule has 0 atom stereocenters. The predicted octanol–water partition coefficient (Wildman–Crippen LogP) is 3.98. The van der Waals surface area contributed by atoms with Crippen molar-refractivity contribution >= 4 is 34.5 Å². The van der Waals surface area contributed by atoms with Crippen molar-refractivity contribution in [2.45, 2.75) is 6.18 Å². The Morgan fingerprint density at radius 3 is 2.44 bits per heavy atom. The smallest absolute Gasteiger partial charge is 0.493 e. The zero-order valence-corrected chi connectivity index (χ0v) is 20.6. The van der Waals surface area contributed by atoms with E-state index >= 15 is 0 Å². The van der Waals surface area contributed by atoms with Crippen LogP contribution in [-0.4, -0.2) is 61.3 Å². The van der Waals surface area contributed by atoms with Crippen LogP contribution in [0.2, 0.25) is 0 Å². The molecule has 0 saturated carbocycles. The fourth-order valence-electron chi connectivity index (χ4n) is 4.17. The standard InChI is InChI=1S/C26H22F3N5O5/c1-37-21-5-3-2-4-19(21)33-10-12-34(13-11-33)22-9-7-17(15-30-22)24-31-18-14-16(6-8-20(18)38-24)23(35)32-39-25(36)26(27,28)29/h2-9,14-15H,10-13H2,1H3,(H,32,35). The van der Waals surface area contributed by atoms with Crippen molar-refractivity contribution in [3.63, 3.8) is 0 Å². The highest BCUT2D eigenvalue weighted by atomic mass is 19.4. The average molecular weight is 541 g/mol. The van der Waals surface area contributed by atoms with Crippen molar-refractivity contribution in [1.29, 1.82) is 0 Å². The highest BCUT2D eigenvalue weighted by Crippen LogP contribution is 2.30. The molecule has 1 aliphatic rings. The fraction of sp³-hybridized carbons (Fsp3) is 0.231. The maximum atomic E-state index is 12.2. The number of pyridine rings is 1. The zero-order chi connectivity index (χ0) is 27.6. The van der Waals surface area contributed by atoms with E-state index in [4.69, 9.17) is 9.15 Å². The third kappa shape index (κ3) is 5.56. The van der Waals surface area contributed by atoms with Gasteiger partial charge in [-0.3, -0.25) is 4.79 Å². The Hall–Kier alpha value is -4.81. The molecule has 3 heterocycles. The van der Waals surface area contributed by atoms with Gasteiger partial charge in [0.05, 0.1) is 18.4 Å². The zero-order valence-electron chi connectivity index (χ0n) is 20.6. The van der Waals surface area contributed by atoms with Crippen molar-refractivity contribution in [1.82, 2.24) is 15.4 Å². The van der Waals surface area contributed by atoms with Crippen molar-refractivity contribution in [2.75, 3.05) is 43.1 Å². The number of nitrogens with zero attached hydrogens (tertiary/aromatic N) is 4. The summed E-state index contributed by atoms with van der Waals surface area (Å²) in [4.78, 5) is 40.0. The number of halogens is 3. The first-order valence-corrected chi connectivity index (χ1v) is 11.8. The van der Waals surface area contributed by atoms with Gasteiger partial charge in [-0.2, -0.15) is 18.7 Å². The summed E-state index contributed by atoms with van der Waals surface area (Å²) in [6.45, 7) is 3.16. The summed E-state index contributed by atoms with van der Waals surface area (Å²) in [7, 11) is 1.66. The molecule has 1 N–H and O–H groups in total. The number of carbonyl (C=O) groups excluding carboxylic acids is 2. The summed E-state index contributed by atoms with van der Waals surface area (Å²) in [6.07, 6.45) is -3.59. The van der Waals surface area contributed by atoms with E-state index in [2.05, 4.69) is 24.6 Å². The molecule has 2 aromatic carbocycles. The highest BCUT2D eigenvalue weighted by molar-refractivity contribution is 5.97. The lowest BCUT2D eigenvalue weighted by molar-refractivity contribution is -0.204. The quantitative estimate of drug-likeness (QED) is 0.375. The van der Waals surface area contributed by atoms with Crippen LogP contribution in [0.5, 0.6) is 5.75 Å². The van der Waals surface area contributed by atoms with Crippen LogP contribution in [0.1, 0.15) is 10.4 Å². The number of amides is 1. The van der Waals surface area contributed by atoms with Gasteiger partial charge in [0, 0.05) is 37.9 Å². The fourth-order valence-corrected chi connectivity index (χ4v) is 4.17. The summed E-state index contributed by atoms with van der Waals surface area (Å²) in [5.41, 5.74) is 3.70. The Morgan fingerprint density at radius 2 is 1.74 bits per heavy atom. The van der Waals surface area contributed by atoms with E-state index in [9.17, 15) is 22.8 Å². The first-order chi connectivity index (χ1) is 18.7. The second kappa shape index (κ2) is 10.5. The molecule has 39 heavy (non-hydrogen) atoms. The molecule has 0 spiro atoms. The molecular formula is C26H22F3N5O5. The molecule has 1 saturated heterocycles. The van der Waals surface area contributed by atoms with Crippen molar-refractivity contribution in [2.24, 2.45) is 0 Å². The Labute approximate surface area is 219 Å². The van der Waals surface area contributed by atoms with E-state index in [0.29, 0.717) is 11.1 Å². The van der Waals surface area contributed by atoms with Gasteiger partial charge in [-0.25, -0.2) is 14.8 Å². The molecule has 4 aromatic rings. The topological polar surface area (TPSA) is 110 Å². The molecule has 0 aliphatic carbocycles. The summed E-state index contributed by atoms with van der Waals surface area (Å²) >= 11 is 0. The minimum atomic E-state index is -5.23. The molecule has 10 nitrogen and oxygen atoms in total. The summed E-state index contributed by atoms with van der Waals surface area (Å²) in [5, 5.41) is 0. The number of carbonyl (C=O) groups is 2. The molecule has 1 aliphatic heterocycles. The number of anilines is 2. The number of ether oxygens (including phenoxy) is 1. The van der Waals surface area contributed by atoms with Crippen LogP contribution in [0.4, 0.5) is 24.7 Å². The number of benzene rings is 2. The summed E-state index contributed by atoms with van der Waals surface area (Å²) in [5.74, 6) is -1.68. The van der Waals surface area contributed by atoms with E-state index in [1.54, 1.807) is 13.3 Å². The van der Waals surface area contributed by atoms with Crippen LogP contribution < -0.4 is 20.0 Å². The van der Waals surface area contributed by atoms with Gasteiger partial charge in [0.15, 0.2) is 5.58 Å². The number of rotatable bonds is 5.